The van der Waals surface area contributed by atoms with Crippen molar-refractivity contribution in [1.82, 2.24) is 4.98 Å². The van der Waals surface area contributed by atoms with Gasteiger partial charge in [-0.25, -0.2) is 18.6 Å². The number of aromatic carboxylic acids is 1. The van der Waals surface area contributed by atoms with E-state index in [1.165, 1.54) is 0 Å². The van der Waals surface area contributed by atoms with Crippen molar-refractivity contribution in [3.05, 3.63) is 27.1 Å². The molecule has 0 aliphatic carbocycles. The molecule has 0 aliphatic rings. The summed E-state index contributed by atoms with van der Waals surface area (Å²) in [5.74, 6) is -1.25. The average molecular weight is 299 g/mol. The molecule has 13 heavy (non-hydrogen) atoms. The molecule has 0 fully saturated rings. The minimum Gasteiger partial charge on any atom is -0.478 e. The van der Waals surface area contributed by atoms with Gasteiger partial charge in [0.15, 0.2) is 0 Å². The molecule has 0 aliphatic heterocycles. The molecule has 0 saturated heterocycles. The Kier molecular flexibility index (Phi) is 3.12. The van der Waals surface area contributed by atoms with Crippen LogP contribution in [0.3, 0.4) is 0 Å². The molecule has 1 heterocycles. The van der Waals surface area contributed by atoms with Crippen LogP contribution < -0.4 is 0 Å². The first-order valence-corrected chi connectivity index (χ1v) is 4.27. The van der Waals surface area contributed by atoms with Gasteiger partial charge < -0.3 is 5.11 Å². The van der Waals surface area contributed by atoms with Crippen LogP contribution in [-0.4, -0.2) is 16.1 Å². The van der Waals surface area contributed by atoms with Crippen LogP contribution in [-0.2, 0) is 0 Å². The van der Waals surface area contributed by atoms with E-state index in [0.29, 0.717) is 0 Å². The highest BCUT2D eigenvalue weighted by atomic mass is 127. The van der Waals surface area contributed by atoms with E-state index in [1.807, 2.05) is 0 Å². The van der Waals surface area contributed by atoms with Gasteiger partial charge in [0.2, 0.25) is 0 Å². The second-order valence-electron chi connectivity index (χ2n) is 2.21. The van der Waals surface area contributed by atoms with Gasteiger partial charge in [0, 0.05) is 11.8 Å². The zero-order chi connectivity index (χ0) is 10.0. The highest BCUT2D eigenvalue weighted by Gasteiger charge is 2.14. The summed E-state index contributed by atoms with van der Waals surface area (Å²) in [7, 11) is 0. The molecule has 0 aromatic carbocycles. The second-order valence-corrected chi connectivity index (χ2v) is 3.23. The molecule has 0 saturated carbocycles. The van der Waals surface area contributed by atoms with Crippen LogP contribution in [0.25, 0.3) is 0 Å². The summed E-state index contributed by atoms with van der Waals surface area (Å²) < 4.78 is 24.4. The van der Waals surface area contributed by atoms with Crippen molar-refractivity contribution in [1.29, 1.82) is 0 Å². The number of pyridine rings is 1. The number of halogens is 3. The van der Waals surface area contributed by atoms with E-state index < -0.39 is 12.4 Å². The number of hydrogen-bond acceptors (Lipinski definition) is 2. The van der Waals surface area contributed by atoms with E-state index in [0.717, 1.165) is 12.3 Å². The molecule has 1 N–H and O–H groups in total. The smallest absolute Gasteiger partial charge is 0.338 e. The van der Waals surface area contributed by atoms with Crippen molar-refractivity contribution in [2.75, 3.05) is 0 Å². The Hall–Kier alpha value is -0.790. The summed E-state index contributed by atoms with van der Waals surface area (Å²) >= 11 is 1.68. The molecule has 1 aromatic rings. The lowest BCUT2D eigenvalue weighted by molar-refractivity contribution is 0.0694. The summed E-state index contributed by atoms with van der Waals surface area (Å²) in [6, 6.07) is 0.932. The van der Waals surface area contributed by atoms with Gasteiger partial charge in [-0.1, -0.05) is 0 Å². The van der Waals surface area contributed by atoms with Crippen LogP contribution in [0.4, 0.5) is 8.78 Å². The number of rotatable bonds is 2. The van der Waals surface area contributed by atoms with Gasteiger partial charge in [0.05, 0.1) is 5.56 Å². The van der Waals surface area contributed by atoms with Crippen molar-refractivity contribution in [3.63, 3.8) is 0 Å². The van der Waals surface area contributed by atoms with Crippen molar-refractivity contribution in [2.24, 2.45) is 0 Å². The van der Waals surface area contributed by atoms with Gasteiger partial charge in [-0.05, 0) is 28.7 Å². The molecule has 0 unspecified atom stereocenters. The quantitative estimate of drug-likeness (QED) is 0.673. The Balaban J connectivity index is 3.19. The first-order chi connectivity index (χ1) is 6.02. The van der Waals surface area contributed by atoms with Crippen LogP contribution in [0.5, 0.6) is 0 Å². The van der Waals surface area contributed by atoms with Crippen LogP contribution in [0.2, 0.25) is 0 Å². The van der Waals surface area contributed by atoms with Gasteiger partial charge in [0.1, 0.15) is 3.70 Å². The fourth-order valence-electron chi connectivity index (χ4n) is 0.734. The summed E-state index contributed by atoms with van der Waals surface area (Å²) in [6.45, 7) is 0. The number of hydrogen-bond donors (Lipinski definition) is 1. The van der Waals surface area contributed by atoms with E-state index in [-0.39, 0.29) is 14.8 Å². The van der Waals surface area contributed by atoms with Gasteiger partial charge in [0.25, 0.3) is 6.43 Å². The molecule has 1 aromatic heterocycles. The minimum atomic E-state index is -2.69. The van der Waals surface area contributed by atoms with E-state index in [2.05, 4.69) is 4.98 Å². The van der Waals surface area contributed by atoms with E-state index >= 15 is 0 Å². The van der Waals surface area contributed by atoms with E-state index in [1.54, 1.807) is 22.6 Å². The number of alkyl halides is 2. The van der Waals surface area contributed by atoms with E-state index in [4.69, 9.17) is 5.11 Å². The van der Waals surface area contributed by atoms with Crippen molar-refractivity contribution in [3.8, 4) is 0 Å². The molecule has 1 rings (SSSR count). The Labute approximate surface area is 85.9 Å². The van der Waals surface area contributed by atoms with Crippen LogP contribution in [0, 0.1) is 3.70 Å². The highest BCUT2D eigenvalue weighted by molar-refractivity contribution is 14.1. The van der Waals surface area contributed by atoms with Crippen LogP contribution in [0.15, 0.2) is 12.3 Å². The van der Waals surface area contributed by atoms with Gasteiger partial charge in [-0.3, -0.25) is 0 Å². The maximum absolute atomic E-state index is 12.1. The lowest BCUT2D eigenvalue weighted by Crippen LogP contribution is -2.03. The molecule has 0 amide bonds. The number of nitrogens with zero attached hydrogens (tertiary/aromatic N) is 1. The lowest BCUT2D eigenvalue weighted by atomic mass is 10.2. The zero-order valence-electron chi connectivity index (χ0n) is 6.17. The predicted molar refractivity (Wildman–Crippen MR) is 48.9 cm³/mol. The SMILES string of the molecule is O=C(O)c1cc(C(F)F)cnc1I. The standard InChI is InChI=1S/C7H4F2INO2/c8-5(9)3-1-4(7(12)13)6(10)11-2-3/h1-2,5H,(H,12,13). The Morgan fingerprint density at radius 2 is 2.23 bits per heavy atom. The predicted octanol–water partition coefficient (Wildman–Crippen LogP) is 2.32. The molecular weight excluding hydrogens is 295 g/mol. The highest BCUT2D eigenvalue weighted by Crippen LogP contribution is 2.20. The first-order valence-electron chi connectivity index (χ1n) is 3.19. The Morgan fingerprint density at radius 3 is 2.69 bits per heavy atom. The summed E-state index contributed by atoms with van der Waals surface area (Å²) in [6.07, 6.45) is -1.72. The molecule has 0 spiro atoms. The Bertz CT molecular complexity index is 343. The molecule has 6 heteroatoms. The van der Waals surface area contributed by atoms with Gasteiger partial charge in [-0.15, -0.1) is 0 Å². The monoisotopic (exact) mass is 299 g/mol. The summed E-state index contributed by atoms with van der Waals surface area (Å²) in [4.78, 5) is 14.1. The second kappa shape index (κ2) is 3.95. The first kappa shape index (κ1) is 10.3. The maximum atomic E-state index is 12.1. The van der Waals surface area contributed by atoms with Crippen molar-refractivity contribution >= 4 is 28.6 Å². The lowest BCUT2D eigenvalue weighted by Gasteiger charge is -2.01. The molecular formula is C7H4F2INO2. The third-order valence-electron chi connectivity index (χ3n) is 1.34. The molecule has 0 radical (unpaired) electrons. The molecule has 3 nitrogen and oxygen atoms in total. The third-order valence-corrected chi connectivity index (χ3v) is 2.20. The molecule has 70 valence electrons. The van der Waals surface area contributed by atoms with Crippen LogP contribution in [0.1, 0.15) is 22.3 Å². The van der Waals surface area contributed by atoms with Gasteiger partial charge in [-0.2, -0.15) is 0 Å². The number of carboxylic acid groups (broad SMARTS) is 1. The van der Waals surface area contributed by atoms with Crippen LogP contribution >= 0.6 is 22.6 Å². The summed E-state index contributed by atoms with van der Waals surface area (Å²) in [5, 5.41) is 8.58. The third kappa shape index (κ3) is 2.33. The fourth-order valence-corrected chi connectivity index (χ4v) is 1.26. The largest absolute Gasteiger partial charge is 0.478 e. The Morgan fingerprint density at radius 1 is 1.62 bits per heavy atom. The number of aromatic nitrogens is 1. The molecule has 0 atom stereocenters. The molecule has 0 bridgehead atoms. The minimum absolute atomic E-state index is 0.196. The maximum Gasteiger partial charge on any atom is 0.338 e. The van der Waals surface area contributed by atoms with Crippen molar-refractivity contribution < 1.29 is 18.7 Å². The summed E-state index contributed by atoms with van der Waals surface area (Å²) in [5.41, 5.74) is -0.573. The average Bonchev–Trinajstić information content (AvgIpc) is 2.04. The zero-order valence-corrected chi connectivity index (χ0v) is 8.33. The van der Waals surface area contributed by atoms with Gasteiger partial charge >= 0.3 is 5.97 Å². The van der Waals surface area contributed by atoms with Crippen molar-refractivity contribution in [2.45, 2.75) is 6.43 Å². The normalized spacial score (nSPS) is 10.5. The topological polar surface area (TPSA) is 50.2 Å². The number of carbonyl (C=O) groups is 1. The number of carboxylic acids is 1. The fraction of sp³-hybridized carbons (Fsp3) is 0.143. The van der Waals surface area contributed by atoms with E-state index in [9.17, 15) is 13.6 Å².